The van der Waals surface area contributed by atoms with E-state index in [1.165, 1.54) is 23.5 Å². The number of hydrogen-bond acceptors (Lipinski definition) is 7. The Balaban J connectivity index is 0.976. The van der Waals surface area contributed by atoms with Crippen molar-refractivity contribution < 1.29 is 23.9 Å². The smallest absolute Gasteiger partial charge is 0.409 e. The van der Waals surface area contributed by atoms with E-state index in [4.69, 9.17) is 0 Å². The number of benzene rings is 3. The zero-order valence-electron chi connectivity index (χ0n) is 26.9. The summed E-state index contributed by atoms with van der Waals surface area (Å²) in [5.74, 6) is -0.567. The molecule has 4 heterocycles. The first-order chi connectivity index (χ1) is 23.7. The molecule has 0 saturated carbocycles. The molecular formula is C37H36FN7O4. The van der Waals surface area contributed by atoms with Gasteiger partial charge in [0.25, 0.3) is 0 Å². The maximum absolute atomic E-state index is 14.5. The number of hydrogen-bond donors (Lipinski definition) is 4. The lowest BCUT2D eigenvalue weighted by molar-refractivity contribution is -0.133. The molecule has 2 fully saturated rings. The van der Waals surface area contributed by atoms with Crippen molar-refractivity contribution in [3.63, 3.8) is 0 Å². The molecule has 1 unspecified atom stereocenters. The van der Waals surface area contributed by atoms with E-state index in [-0.39, 0.29) is 23.5 Å². The third kappa shape index (κ3) is 7.00. The second-order valence-corrected chi connectivity index (χ2v) is 12.7. The molecule has 7 rings (SSSR count). The second-order valence-electron chi connectivity index (χ2n) is 12.7. The van der Waals surface area contributed by atoms with Crippen molar-refractivity contribution in [3.05, 3.63) is 102 Å². The normalized spacial score (nSPS) is 17.2. The van der Waals surface area contributed by atoms with Gasteiger partial charge in [-0.15, -0.1) is 0 Å². The van der Waals surface area contributed by atoms with Gasteiger partial charge in [0.05, 0.1) is 16.9 Å². The van der Waals surface area contributed by atoms with Crippen molar-refractivity contribution >= 4 is 34.8 Å². The summed E-state index contributed by atoms with van der Waals surface area (Å²) in [5.41, 5.74) is 7.76. The van der Waals surface area contributed by atoms with Gasteiger partial charge in [-0.05, 0) is 97.8 Å². The van der Waals surface area contributed by atoms with Crippen molar-refractivity contribution in [3.8, 4) is 22.4 Å². The Morgan fingerprint density at radius 3 is 2.47 bits per heavy atom. The number of nitrogens with one attached hydrogen (secondary N) is 3. The number of carbonyl (C=O) groups excluding carboxylic acids is 2. The van der Waals surface area contributed by atoms with Crippen LogP contribution < -0.4 is 16.0 Å². The lowest BCUT2D eigenvalue weighted by Crippen LogP contribution is -2.47. The number of carbonyl (C=O) groups is 3. The van der Waals surface area contributed by atoms with E-state index in [0.29, 0.717) is 41.1 Å². The number of piperidine rings is 2. The molecule has 250 valence electrons. The topological polar surface area (TPSA) is 141 Å². The molecule has 1 atom stereocenters. The van der Waals surface area contributed by atoms with Crippen LogP contribution in [0, 0.1) is 12.7 Å². The first-order valence-corrected chi connectivity index (χ1v) is 16.4. The fraction of sp³-hybridized carbons (Fsp3) is 0.270. The van der Waals surface area contributed by atoms with Gasteiger partial charge < -0.3 is 10.4 Å². The summed E-state index contributed by atoms with van der Waals surface area (Å²) in [6.45, 7) is 4.59. The highest BCUT2D eigenvalue weighted by Gasteiger charge is 2.27. The average Bonchev–Trinajstić information content (AvgIpc) is 3.53. The first kappa shape index (κ1) is 32.0. The summed E-state index contributed by atoms with van der Waals surface area (Å²) < 4.78 is 16.2. The average molecular weight is 662 g/mol. The van der Waals surface area contributed by atoms with Gasteiger partial charge in [-0.3, -0.25) is 25.1 Å². The van der Waals surface area contributed by atoms with E-state index in [0.717, 1.165) is 55.4 Å². The molecule has 49 heavy (non-hydrogen) atoms. The molecule has 11 nitrogen and oxygen atoms in total. The van der Waals surface area contributed by atoms with Gasteiger partial charge in [0.1, 0.15) is 18.2 Å². The van der Waals surface area contributed by atoms with Crippen LogP contribution in [0.2, 0.25) is 0 Å². The SMILES string of the molecule is Cc1c(NC(=O)O)cc(F)cc1-c1ncnn2cc(-c3ccc(CN4CCC(c5ccc(NC6CCC(=O)NC6=O)cc5)CC4)cc3)cc12. The maximum Gasteiger partial charge on any atom is 0.409 e. The zero-order valence-corrected chi connectivity index (χ0v) is 26.9. The molecule has 2 saturated heterocycles. The number of halogens is 1. The number of carboxylic acid groups (broad SMARTS) is 1. The molecule has 0 spiro atoms. The number of imide groups is 1. The summed E-state index contributed by atoms with van der Waals surface area (Å²) in [4.78, 5) is 41.6. The minimum atomic E-state index is -1.27. The Kier molecular flexibility index (Phi) is 8.79. The lowest BCUT2D eigenvalue weighted by atomic mass is 9.89. The maximum atomic E-state index is 14.5. The second kappa shape index (κ2) is 13.5. The minimum absolute atomic E-state index is 0.168. The fourth-order valence-electron chi connectivity index (χ4n) is 6.83. The standard InChI is InChI=1S/C37H36FN7O4/c1-22-30(17-28(38)18-32(22)42-37(48)49)35-33-16-27(20-45(33)40-21-39-35)25-4-2-23(3-5-25)19-44-14-12-26(13-15-44)24-6-8-29(9-7-24)41-31-10-11-34(46)43-36(31)47/h2-9,16-18,20-21,26,31,41-42H,10-15,19H2,1H3,(H,48,49)(H,43,46,47). The van der Waals surface area contributed by atoms with Crippen LogP contribution in [0.5, 0.6) is 0 Å². The molecule has 4 N–H and O–H groups in total. The van der Waals surface area contributed by atoms with Gasteiger partial charge in [-0.25, -0.2) is 18.7 Å². The third-order valence-electron chi connectivity index (χ3n) is 9.52. The van der Waals surface area contributed by atoms with Gasteiger partial charge in [0.15, 0.2) is 0 Å². The summed E-state index contributed by atoms with van der Waals surface area (Å²) >= 11 is 0. The van der Waals surface area contributed by atoms with Crippen LogP contribution in [0.3, 0.4) is 0 Å². The van der Waals surface area contributed by atoms with E-state index in [1.54, 1.807) is 11.4 Å². The molecule has 3 amide bonds. The molecule has 0 bridgehead atoms. The molecular weight excluding hydrogens is 625 g/mol. The van der Waals surface area contributed by atoms with Crippen LogP contribution in [0.15, 0.2) is 79.3 Å². The number of aromatic nitrogens is 3. The van der Waals surface area contributed by atoms with Gasteiger partial charge in [-0.2, -0.15) is 5.10 Å². The highest BCUT2D eigenvalue weighted by atomic mass is 19.1. The first-order valence-electron chi connectivity index (χ1n) is 16.4. The summed E-state index contributed by atoms with van der Waals surface area (Å²) in [6.07, 6.45) is 5.03. The number of rotatable bonds is 8. The van der Waals surface area contributed by atoms with Crippen LogP contribution in [-0.4, -0.2) is 61.6 Å². The Morgan fingerprint density at radius 2 is 1.76 bits per heavy atom. The Hall–Kier alpha value is -5.62. The molecule has 2 aromatic heterocycles. The molecule has 0 radical (unpaired) electrons. The minimum Gasteiger partial charge on any atom is -0.465 e. The lowest BCUT2D eigenvalue weighted by Gasteiger charge is -2.32. The summed E-state index contributed by atoms with van der Waals surface area (Å²) in [5, 5.41) is 21.4. The van der Waals surface area contributed by atoms with E-state index >= 15 is 0 Å². The Bertz CT molecular complexity index is 2040. The molecule has 12 heteroatoms. The van der Waals surface area contributed by atoms with E-state index in [9.17, 15) is 23.9 Å². The Labute approximate surface area is 282 Å². The van der Waals surface area contributed by atoms with E-state index in [1.807, 2.05) is 24.4 Å². The van der Waals surface area contributed by atoms with Gasteiger partial charge >= 0.3 is 6.09 Å². The van der Waals surface area contributed by atoms with Crippen molar-refractivity contribution in [1.82, 2.24) is 24.8 Å². The molecule has 3 aromatic carbocycles. The largest absolute Gasteiger partial charge is 0.465 e. The highest BCUT2D eigenvalue weighted by Crippen LogP contribution is 2.34. The Morgan fingerprint density at radius 1 is 1.00 bits per heavy atom. The quantitative estimate of drug-likeness (QED) is 0.144. The number of fused-ring (bicyclic) bond motifs is 1. The number of nitrogens with zero attached hydrogens (tertiary/aromatic N) is 4. The number of anilines is 2. The van der Waals surface area contributed by atoms with E-state index < -0.39 is 11.9 Å². The van der Waals surface area contributed by atoms with Gasteiger partial charge in [-0.1, -0.05) is 36.4 Å². The van der Waals surface area contributed by atoms with Gasteiger partial charge in [0.2, 0.25) is 11.8 Å². The van der Waals surface area contributed by atoms with Crippen LogP contribution in [0.25, 0.3) is 27.9 Å². The predicted molar refractivity (Wildman–Crippen MR) is 184 cm³/mol. The van der Waals surface area contributed by atoms with E-state index in [2.05, 4.69) is 67.3 Å². The van der Waals surface area contributed by atoms with Crippen molar-refractivity contribution in [2.45, 2.75) is 51.1 Å². The zero-order chi connectivity index (χ0) is 34.1. The van der Waals surface area contributed by atoms with Crippen LogP contribution in [0.1, 0.15) is 48.3 Å². The summed E-state index contributed by atoms with van der Waals surface area (Å²) in [7, 11) is 0. The van der Waals surface area contributed by atoms with Crippen LogP contribution >= 0.6 is 0 Å². The van der Waals surface area contributed by atoms with Crippen LogP contribution in [-0.2, 0) is 16.1 Å². The van der Waals surface area contributed by atoms with Crippen molar-refractivity contribution in [2.75, 3.05) is 23.7 Å². The highest BCUT2D eigenvalue weighted by molar-refractivity contribution is 6.01. The number of amides is 3. The van der Waals surface area contributed by atoms with Crippen molar-refractivity contribution in [1.29, 1.82) is 0 Å². The monoisotopic (exact) mass is 661 g/mol. The van der Waals surface area contributed by atoms with Crippen LogP contribution in [0.4, 0.5) is 20.6 Å². The summed E-state index contributed by atoms with van der Waals surface area (Å²) in [6, 6.07) is 20.9. The third-order valence-corrected chi connectivity index (χ3v) is 9.52. The van der Waals surface area contributed by atoms with Gasteiger partial charge in [0, 0.05) is 36.0 Å². The molecule has 0 aliphatic carbocycles. The molecule has 2 aliphatic heterocycles. The van der Waals surface area contributed by atoms with Crippen molar-refractivity contribution in [2.24, 2.45) is 0 Å². The predicted octanol–water partition coefficient (Wildman–Crippen LogP) is 6.20. The number of likely N-dealkylation sites (tertiary alicyclic amines) is 1. The molecule has 5 aromatic rings. The fourth-order valence-corrected chi connectivity index (χ4v) is 6.83. The molecule has 2 aliphatic rings.